The van der Waals surface area contributed by atoms with E-state index in [1.807, 2.05) is 13.0 Å². The van der Waals surface area contributed by atoms with Gasteiger partial charge in [-0.2, -0.15) is 0 Å². The molecule has 1 aromatic carbocycles. The number of nitrogens with zero attached hydrogens (tertiary/aromatic N) is 2. The third kappa shape index (κ3) is 9.63. The Kier molecular flexibility index (Phi) is 12.8. The fourth-order valence-electron chi connectivity index (χ4n) is 3.31. The lowest BCUT2D eigenvalue weighted by atomic mass is 10.2. The van der Waals surface area contributed by atoms with Gasteiger partial charge in [0.15, 0.2) is 5.96 Å². The molecule has 166 valence electrons. The molecule has 2 rings (SSSR count). The summed E-state index contributed by atoms with van der Waals surface area (Å²) < 4.78 is 26.2. The molecule has 1 aromatic rings. The van der Waals surface area contributed by atoms with Crippen LogP contribution in [0.25, 0.3) is 0 Å². The summed E-state index contributed by atoms with van der Waals surface area (Å²) >= 11 is 0. The van der Waals surface area contributed by atoms with Gasteiger partial charge in [0.25, 0.3) is 0 Å². The minimum absolute atomic E-state index is 0. The van der Waals surface area contributed by atoms with E-state index in [-0.39, 0.29) is 28.9 Å². The van der Waals surface area contributed by atoms with Crippen LogP contribution in [0.1, 0.15) is 44.6 Å². The summed E-state index contributed by atoms with van der Waals surface area (Å²) in [4.78, 5) is 7.42. The average Bonchev–Trinajstić information content (AvgIpc) is 2.98. The second-order valence-electron chi connectivity index (χ2n) is 7.09. The molecule has 1 fully saturated rings. The summed E-state index contributed by atoms with van der Waals surface area (Å²) in [6, 6.07) is 6.89. The highest BCUT2D eigenvalue weighted by atomic mass is 127. The molecule has 1 heterocycles. The van der Waals surface area contributed by atoms with Crippen LogP contribution in [-0.4, -0.2) is 59.0 Å². The van der Waals surface area contributed by atoms with Gasteiger partial charge < -0.3 is 15.5 Å². The highest BCUT2D eigenvalue weighted by Crippen LogP contribution is 2.12. The number of sulfonamides is 1. The topological polar surface area (TPSA) is 85.8 Å². The van der Waals surface area contributed by atoms with Crippen molar-refractivity contribution in [3.05, 3.63) is 29.8 Å². The van der Waals surface area contributed by atoms with Gasteiger partial charge in [0.2, 0.25) is 10.0 Å². The van der Waals surface area contributed by atoms with Crippen molar-refractivity contribution in [1.82, 2.24) is 20.3 Å². The molecule has 1 aliphatic heterocycles. The summed E-state index contributed by atoms with van der Waals surface area (Å²) in [5.41, 5.74) is 0.859. The van der Waals surface area contributed by atoms with Crippen LogP contribution < -0.4 is 15.4 Å². The van der Waals surface area contributed by atoms with Crippen molar-refractivity contribution in [1.29, 1.82) is 0 Å². The van der Waals surface area contributed by atoms with E-state index < -0.39 is 10.0 Å². The van der Waals surface area contributed by atoms with Gasteiger partial charge in [0.05, 0.1) is 11.4 Å². The van der Waals surface area contributed by atoms with E-state index in [1.54, 1.807) is 18.2 Å². The van der Waals surface area contributed by atoms with Crippen LogP contribution in [0.3, 0.4) is 0 Å². The van der Waals surface area contributed by atoms with E-state index in [0.717, 1.165) is 37.6 Å². The number of hydrogen-bond acceptors (Lipinski definition) is 4. The van der Waals surface area contributed by atoms with Crippen molar-refractivity contribution in [3.8, 4) is 0 Å². The Morgan fingerprint density at radius 1 is 1.14 bits per heavy atom. The molecule has 0 aliphatic carbocycles. The first kappa shape index (κ1) is 26.1. The van der Waals surface area contributed by atoms with E-state index >= 15 is 0 Å². The van der Waals surface area contributed by atoms with E-state index in [9.17, 15) is 8.42 Å². The summed E-state index contributed by atoms with van der Waals surface area (Å²) in [5, 5.41) is 6.64. The quantitative estimate of drug-likeness (QED) is 0.195. The van der Waals surface area contributed by atoms with Crippen LogP contribution in [0.15, 0.2) is 34.2 Å². The van der Waals surface area contributed by atoms with E-state index in [0.29, 0.717) is 6.54 Å². The Morgan fingerprint density at radius 2 is 1.86 bits per heavy atom. The maximum Gasteiger partial charge on any atom is 0.240 e. The van der Waals surface area contributed by atoms with Crippen LogP contribution in [0, 0.1) is 0 Å². The molecule has 0 aromatic heterocycles. The summed E-state index contributed by atoms with van der Waals surface area (Å²) in [7, 11) is -2.02. The van der Waals surface area contributed by atoms with Gasteiger partial charge in [-0.1, -0.05) is 25.0 Å². The molecule has 0 amide bonds. The fraction of sp³-hybridized carbons (Fsp3) is 0.650. The standard InChI is InChI=1S/C20H35N5O2S.HI/c1-3-22-20(23-12-9-15-25-13-6-4-5-7-14-25)24-17-18-10-8-11-19(16-18)28(26,27)21-2;/h8,10-11,16,21H,3-7,9,12-15,17H2,1-2H3,(H2,22,23,24);1H. The molecule has 0 spiro atoms. The van der Waals surface area contributed by atoms with Gasteiger partial charge in [-0.25, -0.2) is 18.1 Å². The minimum atomic E-state index is -3.43. The fourth-order valence-corrected chi connectivity index (χ4v) is 4.11. The average molecular weight is 538 g/mol. The second-order valence-corrected chi connectivity index (χ2v) is 8.97. The Bertz CT molecular complexity index is 719. The lowest BCUT2D eigenvalue weighted by molar-refractivity contribution is 0.282. The van der Waals surface area contributed by atoms with Crippen LogP contribution in [0.4, 0.5) is 0 Å². The molecule has 29 heavy (non-hydrogen) atoms. The molecule has 7 nitrogen and oxygen atoms in total. The number of halogens is 1. The molecule has 1 saturated heterocycles. The van der Waals surface area contributed by atoms with Crippen molar-refractivity contribution >= 4 is 40.0 Å². The second kappa shape index (κ2) is 14.2. The molecule has 3 N–H and O–H groups in total. The minimum Gasteiger partial charge on any atom is -0.357 e. The molecule has 0 radical (unpaired) electrons. The number of rotatable bonds is 9. The lowest BCUT2D eigenvalue weighted by Crippen LogP contribution is -2.39. The predicted octanol–water partition coefficient (Wildman–Crippen LogP) is 2.53. The van der Waals surface area contributed by atoms with Crippen molar-refractivity contribution in [2.45, 2.75) is 50.5 Å². The van der Waals surface area contributed by atoms with Gasteiger partial charge in [-0.05, 0) is 70.6 Å². The summed E-state index contributed by atoms with van der Waals surface area (Å²) in [5.74, 6) is 0.764. The van der Waals surface area contributed by atoms with Crippen LogP contribution in [-0.2, 0) is 16.6 Å². The largest absolute Gasteiger partial charge is 0.357 e. The molecule has 0 saturated carbocycles. The third-order valence-corrected chi connectivity index (χ3v) is 6.30. The monoisotopic (exact) mass is 537 g/mol. The molecule has 0 atom stereocenters. The van der Waals surface area contributed by atoms with Crippen molar-refractivity contribution in [2.75, 3.05) is 39.8 Å². The number of guanidine groups is 1. The van der Waals surface area contributed by atoms with Crippen molar-refractivity contribution in [3.63, 3.8) is 0 Å². The van der Waals surface area contributed by atoms with Gasteiger partial charge in [-0.3, -0.25) is 0 Å². The van der Waals surface area contributed by atoms with Crippen molar-refractivity contribution < 1.29 is 8.42 Å². The van der Waals surface area contributed by atoms with E-state index in [1.165, 1.54) is 45.8 Å². The zero-order chi connectivity index (χ0) is 20.2. The molecular formula is C20H36IN5O2S. The van der Waals surface area contributed by atoms with Gasteiger partial charge >= 0.3 is 0 Å². The highest BCUT2D eigenvalue weighted by Gasteiger charge is 2.11. The molecule has 9 heteroatoms. The Balaban J connectivity index is 0.00000420. The number of hydrogen-bond donors (Lipinski definition) is 3. The van der Waals surface area contributed by atoms with Crippen LogP contribution >= 0.6 is 24.0 Å². The number of benzene rings is 1. The molecular weight excluding hydrogens is 501 g/mol. The lowest BCUT2D eigenvalue weighted by Gasteiger charge is -2.20. The van der Waals surface area contributed by atoms with Gasteiger partial charge in [-0.15, -0.1) is 24.0 Å². The predicted molar refractivity (Wildman–Crippen MR) is 130 cm³/mol. The first-order valence-electron chi connectivity index (χ1n) is 10.3. The van der Waals surface area contributed by atoms with Crippen LogP contribution in [0.5, 0.6) is 0 Å². The zero-order valence-corrected chi connectivity index (χ0v) is 20.8. The van der Waals surface area contributed by atoms with E-state index in [2.05, 4.69) is 25.2 Å². The first-order valence-corrected chi connectivity index (χ1v) is 11.8. The molecule has 0 unspecified atom stereocenters. The number of likely N-dealkylation sites (tertiary alicyclic amines) is 1. The zero-order valence-electron chi connectivity index (χ0n) is 17.6. The van der Waals surface area contributed by atoms with E-state index in [4.69, 9.17) is 0 Å². The third-order valence-electron chi connectivity index (χ3n) is 4.88. The van der Waals surface area contributed by atoms with Gasteiger partial charge in [0, 0.05) is 13.1 Å². The normalized spacial score (nSPS) is 16.0. The summed E-state index contributed by atoms with van der Waals surface area (Å²) in [6.07, 6.45) is 6.45. The first-order chi connectivity index (χ1) is 13.5. The number of nitrogens with one attached hydrogen (secondary N) is 3. The Hall–Kier alpha value is -0.910. The smallest absolute Gasteiger partial charge is 0.240 e. The maximum absolute atomic E-state index is 11.9. The van der Waals surface area contributed by atoms with Gasteiger partial charge in [0.1, 0.15) is 0 Å². The van der Waals surface area contributed by atoms with Crippen LogP contribution in [0.2, 0.25) is 0 Å². The van der Waals surface area contributed by atoms with Crippen molar-refractivity contribution in [2.24, 2.45) is 4.99 Å². The number of aliphatic imine (C=N–C) groups is 1. The maximum atomic E-state index is 11.9. The Morgan fingerprint density at radius 3 is 2.52 bits per heavy atom. The Labute approximate surface area is 193 Å². The highest BCUT2D eigenvalue weighted by molar-refractivity contribution is 14.0. The molecule has 1 aliphatic rings. The summed E-state index contributed by atoms with van der Waals surface area (Å²) in [6.45, 7) is 7.68. The molecule has 0 bridgehead atoms. The SMILES string of the molecule is CCNC(=NCc1cccc(S(=O)(=O)NC)c1)NCCCN1CCCCCC1.I.